The van der Waals surface area contributed by atoms with Gasteiger partial charge in [-0.1, -0.05) is 17.7 Å². The maximum absolute atomic E-state index is 12.8. The van der Waals surface area contributed by atoms with Crippen molar-refractivity contribution in [1.82, 2.24) is 25.1 Å². The minimum Gasteiger partial charge on any atom is -0.342 e. The van der Waals surface area contributed by atoms with Crippen molar-refractivity contribution in [2.45, 2.75) is 44.9 Å². The fraction of sp³-hybridized carbons (Fsp3) is 0.476. The van der Waals surface area contributed by atoms with E-state index in [1.54, 1.807) is 0 Å². The Morgan fingerprint density at radius 3 is 2.93 bits per heavy atom. The van der Waals surface area contributed by atoms with Crippen LogP contribution in [0.2, 0.25) is 0 Å². The molecule has 2 aromatic rings. The standard InChI is InChI=1S/C21H26N6O2/c28-20(12-16-6-2-1-3-7-16)26-11-5-8-17(14-26)21(29)23-18-9-4-10-19(13-18)27-15-22-24-25-27/h4,6,9-10,13,15,17H,1-3,5,7-8,11-12,14H2,(H,23,29). The Kier molecular flexibility index (Phi) is 5.97. The number of aromatic nitrogens is 4. The Hall–Kier alpha value is -3.03. The number of rotatable bonds is 5. The van der Waals surface area contributed by atoms with E-state index < -0.39 is 0 Å². The third-order valence-corrected chi connectivity index (χ3v) is 5.64. The lowest BCUT2D eigenvalue weighted by atomic mass is 9.94. The van der Waals surface area contributed by atoms with E-state index in [-0.39, 0.29) is 17.7 Å². The second-order valence-corrected chi connectivity index (χ2v) is 7.76. The molecule has 152 valence electrons. The van der Waals surface area contributed by atoms with E-state index in [1.165, 1.54) is 29.4 Å². The molecule has 1 atom stereocenters. The zero-order chi connectivity index (χ0) is 20.1. The van der Waals surface area contributed by atoms with Gasteiger partial charge in [0, 0.05) is 25.2 Å². The Morgan fingerprint density at radius 1 is 1.21 bits per heavy atom. The molecule has 1 saturated heterocycles. The van der Waals surface area contributed by atoms with Crippen LogP contribution in [0.15, 0.2) is 42.2 Å². The van der Waals surface area contributed by atoms with Crippen molar-refractivity contribution in [2.24, 2.45) is 5.92 Å². The summed E-state index contributed by atoms with van der Waals surface area (Å²) in [6.07, 6.45) is 10.4. The fourth-order valence-electron chi connectivity index (χ4n) is 4.04. The molecule has 1 aromatic heterocycles. The molecule has 1 aromatic carbocycles. The molecule has 2 aliphatic rings. The third-order valence-electron chi connectivity index (χ3n) is 5.64. The number of carbonyl (C=O) groups is 2. The van der Waals surface area contributed by atoms with Gasteiger partial charge in [-0.25, -0.2) is 4.68 Å². The van der Waals surface area contributed by atoms with Gasteiger partial charge in [0.25, 0.3) is 0 Å². The van der Waals surface area contributed by atoms with Gasteiger partial charge in [0.2, 0.25) is 11.8 Å². The summed E-state index contributed by atoms with van der Waals surface area (Å²) in [5.41, 5.74) is 2.72. The van der Waals surface area contributed by atoms with Crippen LogP contribution in [0.3, 0.4) is 0 Å². The first kappa shape index (κ1) is 19.3. The lowest BCUT2D eigenvalue weighted by Crippen LogP contribution is -2.43. The number of nitrogens with one attached hydrogen (secondary N) is 1. The number of nitrogens with zero attached hydrogens (tertiary/aromatic N) is 5. The molecule has 4 rings (SSSR count). The van der Waals surface area contributed by atoms with Crippen LogP contribution >= 0.6 is 0 Å². The quantitative estimate of drug-likeness (QED) is 0.787. The fourth-order valence-corrected chi connectivity index (χ4v) is 4.04. The van der Waals surface area contributed by atoms with Crippen LogP contribution in [-0.4, -0.2) is 50.0 Å². The summed E-state index contributed by atoms with van der Waals surface area (Å²) in [5, 5.41) is 14.1. The zero-order valence-corrected chi connectivity index (χ0v) is 16.5. The van der Waals surface area contributed by atoms with Gasteiger partial charge in [0.05, 0.1) is 11.6 Å². The molecule has 0 bridgehead atoms. The first-order valence-corrected chi connectivity index (χ1v) is 10.3. The van der Waals surface area contributed by atoms with Gasteiger partial charge in [-0.2, -0.15) is 0 Å². The molecule has 8 nitrogen and oxygen atoms in total. The van der Waals surface area contributed by atoms with E-state index in [4.69, 9.17) is 0 Å². The number of likely N-dealkylation sites (tertiary alicyclic amines) is 1. The van der Waals surface area contributed by atoms with Crippen LogP contribution in [0.4, 0.5) is 5.69 Å². The first-order valence-electron chi connectivity index (χ1n) is 10.3. The molecule has 2 amide bonds. The number of hydrogen-bond donors (Lipinski definition) is 1. The van der Waals surface area contributed by atoms with Crippen molar-refractivity contribution in [3.05, 3.63) is 42.2 Å². The summed E-state index contributed by atoms with van der Waals surface area (Å²) >= 11 is 0. The van der Waals surface area contributed by atoms with Crippen LogP contribution in [-0.2, 0) is 9.59 Å². The summed E-state index contributed by atoms with van der Waals surface area (Å²) in [7, 11) is 0. The lowest BCUT2D eigenvalue weighted by molar-refractivity contribution is -0.134. The topological polar surface area (TPSA) is 93.0 Å². The molecule has 1 fully saturated rings. The molecule has 29 heavy (non-hydrogen) atoms. The average Bonchev–Trinajstić information content (AvgIpc) is 3.30. The van der Waals surface area contributed by atoms with E-state index in [0.29, 0.717) is 18.7 Å². The van der Waals surface area contributed by atoms with Crippen LogP contribution < -0.4 is 5.32 Å². The van der Waals surface area contributed by atoms with E-state index in [9.17, 15) is 9.59 Å². The number of piperidine rings is 1. The highest BCUT2D eigenvalue weighted by Crippen LogP contribution is 2.24. The van der Waals surface area contributed by atoms with Crippen molar-refractivity contribution < 1.29 is 9.59 Å². The van der Waals surface area contributed by atoms with Gasteiger partial charge in [0.1, 0.15) is 6.33 Å². The van der Waals surface area contributed by atoms with Crippen molar-refractivity contribution in [1.29, 1.82) is 0 Å². The minimum atomic E-state index is -0.190. The Bertz CT molecular complexity index is 892. The van der Waals surface area contributed by atoms with Gasteiger partial charge < -0.3 is 10.2 Å². The summed E-state index contributed by atoms with van der Waals surface area (Å²) in [4.78, 5) is 27.4. The molecule has 0 spiro atoms. The molecule has 2 heterocycles. The number of carbonyl (C=O) groups excluding carboxylic acids is 2. The molecule has 1 N–H and O–H groups in total. The Labute approximate surface area is 170 Å². The van der Waals surface area contributed by atoms with Crippen molar-refractivity contribution in [3.8, 4) is 5.69 Å². The van der Waals surface area contributed by atoms with Gasteiger partial charge in [0.15, 0.2) is 0 Å². The summed E-state index contributed by atoms with van der Waals surface area (Å²) in [5.74, 6) is -0.0886. The third kappa shape index (κ3) is 4.88. The zero-order valence-electron chi connectivity index (χ0n) is 16.5. The van der Waals surface area contributed by atoms with Gasteiger partial charge in [-0.15, -0.1) is 5.10 Å². The van der Waals surface area contributed by atoms with E-state index in [2.05, 4.69) is 26.9 Å². The van der Waals surface area contributed by atoms with Crippen LogP contribution in [0.5, 0.6) is 0 Å². The summed E-state index contributed by atoms with van der Waals surface area (Å²) in [6, 6.07) is 7.39. The summed E-state index contributed by atoms with van der Waals surface area (Å²) in [6.45, 7) is 1.23. The van der Waals surface area contributed by atoms with Crippen molar-refractivity contribution >= 4 is 17.5 Å². The van der Waals surface area contributed by atoms with Crippen LogP contribution in [0.25, 0.3) is 5.69 Å². The average molecular weight is 394 g/mol. The second kappa shape index (κ2) is 8.98. The largest absolute Gasteiger partial charge is 0.342 e. The minimum absolute atomic E-state index is 0.0479. The molecular formula is C21H26N6O2. The van der Waals surface area contributed by atoms with Gasteiger partial charge in [-0.05, 0) is 67.2 Å². The number of tetrazole rings is 1. The Morgan fingerprint density at radius 2 is 2.14 bits per heavy atom. The van der Waals surface area contributed by atoms with Crippen LogP contribution in [0.1, 0.15) is 44.9 Å². The SMILES string of the molecule is O=C(Nc1cccc(-n2cnnn2)c1)C1CCCN(C(=O)CC2=CCCCC2)C1. The van der Waals surface area contributed by atoms with Crippen molar-refractivity contribution in [3.63, 3.8) is 0 Å². The first-order chi connectivity index (χ1) is 14.2. The molecule has 1 aliphatic heterocycles. The number of anilines is 1. The highest BCUT2D eigenvalue weighted by atomic mass is 16.2. The van der Waals surface area contributed by atoms with Crippen LogP contribution in [0, 0.1) is 5.92 Å². The van der Waals surface area contributed by atoms with Gasteiger partial charge >= 0.3 is 0 Å². The maximum atomic E-state index is 12.8. The molecule has 1 unspecified atom stereocenters. The highest BCUT2D eigenvalue weighted by molar-refractivity contribution is 5.93. The van der Waals surface area contributed by atoms with E-state index in [0.717, 1.165) is 37.9 Å². The number of amides is 2. The number of benzene rings is 1. The van der Waals surface area contributed by atoms with Crippen molar-refractivity contribution in [2.75, 3.05) is 18.4 Å². The highest BCUT2D eigenvalue weighted by Gasteiger charge is 2.28. The van der Waals surface area contributed by atoms with E-state index >= 15 is 0 Å². The molecule has 8 heteroatoms. The number of hydrogen-bond acceptors (Lipinski definition) is 5. The smallest absolute Gasteiger partial charge is 0.229 e. The molecule has 1 aliphatic carbocycles. The Balaban J connectivity index is 1.36. The number of allylic oxidation sites excluding steroid dienone is 1. The van der Waals surface area contributed by atoms with E-state index in [1.807, 2.05) is 29.2 Å². The normalized spacial score (nSPS) is 19.5. The molecule has 0 saturated carbocycles. The molecular weight excluding hydrogens is 368 g/mol. The monoisotopic (exact) mass is 394 g/mol. The summed E-state index contributed by atoms with van der Waals surface area (Å²) < 4.78 is 1.54. The predicted octanol–water partition coefficient (Wildman–Crippen LogP) is 2.73. The van der Waals surface area contributed by atoms with Gasteiger partial charge in [-0.3, -0.25) is 9.59 Å². The predicted molar refractivity (Wildman–Crippen MR) is 108 cm³/mol. The maximum Gasteiger partial charge on any atom is 0.229 e. The second-order valence-electron chi connectivity index (χ2n) is 7.76. The lowest BCUT2D eigenvalue weighted by Gasteiger charge is -2.32. The molecule has 0 radical (unpaired) electrons.